The standard InChI is InChI=1S/C2H4N4S.Cs.H/c3-2(4)6-5-1-7;;/h(H4,3,4,6);;. The summed E-state index contributed by atoms with van der Waals surface area (Å²) in [4.78, 5) is 0. The fraction of sp³-hybridized carbons (Fsp3) is 0. The van der Waals surface area contributed by atoms with Crippen LogP contribution in [0.2, 0.25) is 0 Å². The minimum atomic E-state index is -0.239. The first-order valence-electron chi connectivity index (χ1n) is 1.44. The normalized spacial score (nSPS) is 5.50. The fourth-order valence-corrected chi connectivity index (χ4v) is 0.129. The van der Waals surface area contributed by atoms with Gasteiger partial charge in [0.2, 0.25) is 5.96 Å². The Morgan fingerprint density at radius 2 is 2.38 bits per heavy atom. The molecule has 0 rings (SSSR count). The second-order valence-corrected chi connectivity index (χ2v) is 0.911. The Kier molecular flexibility index (Phi) is 12.0. The molecule has 0 saturated carbocycles. The van der Waals surface area contributed by atoms with Crippen LogP contribution < -0.4 is 11.2 Å². The number of isothiocyanates is 1. The van der Waals surface area contributed by atoms with Crippen molar-refractivity contribution in [3.05, 3.63) is 0 Å². The zero-order valence-corrected chi connectivity index (χ0v) is 4.25. The van der Waals surface area contributed by atoms with Crippen molar-refractivity contribution in [1.82, 2.24) is 5.43 Å². The van der Waals surface area contributed by atoms with Gasteiger partial charge in [0, 0.05) is 0 Å². The Bertz CT molecular complexity index is 117. The van der Waals surface area contributed by atoms with Gasteiger partial charge in [-0.25, -0.2) is 5.43 Å². The summed E-state index contributed by atoms with van der Waals surface area (Å²) in [6, 6.07) is 0. The molecule has 0 bridgehead atoms. The average Bonchev–Trinajstić information content (AvgIpc) is 1.61. The third kappa shape index (κ3) is 10.2. The van der Waals surface area contributed by atoms with Crippen molar-refractivity contribution in [3.63, 3.8) is 0 Å². The Hall–Kier alpha value is 1.12. The van der Waals surface area contributed by atoms with Gasteiger partial charge in [-0.15, -0.1) is 5.10 Å². The van der Waals surface area contributed by atoms with E-state index in [9.17, 15) is 0 Å². The van der Waals surface area contributed by atoms with E-state index >= 15 is 0 Å². The fourth-order valence-electron chi connectivity index (χ4n) is 0.0830. The van der Waals surface area contributed by atoms with Crippen molar-refractivity contribution in [2.24, 2.45) is 10.8 Å². The van der Waals surface area contributed by atoms with Gasteiger partial charge in [-0.1, -0.05) is 0 Å². The number of hydrogen-bond acceptors (Lipinski definition) is 3. The number of hydrogen-bond donors (Lipinski definition) is 3. The molecule has 0 spiro atoms. The van der Waals surface area contributed by atoms with E-state index in [2.05, 4.69) is 22.7 Å². The van der Waals surface area contributed by atoms with Gasteiger partial charge >= 0.3 is 68.9 Å². The Morgan fingerprint density at radius 3 is 2.50 bits per heavy atom. The van der Waals surface area contributed by atoms with Crippen LogP contribution in [0.15, 0.2) is 5.10 Å². The minimum absolute atomic E-state index is 0. The van der Waals surface area contributed by atoms with Crippen LogP contribution in [0.1, 0.15) is 0 Å². The van der Waals surface area contributed by atoms with Gasteiger partial charge < -0.3 is 5.73 Å². The number of nitrogens with zero attached hydrogens (tertiary/aromatic N) is 1. The monoisotopic (exact) mass is 250 g/mol. The summed E-state index contributed by atoms with van der Waals surface area (Å²) in [6.07, 6.45) is 0. The first-order chi connectivity index (χ1) is 3.27. The third-order valence-corrected chi connectivity index (χ3v) is 0.313. The quantitative estimate of drug-likeness (QED) is 0.238. The van der Waals surface area contributed by atoms with Crippen LogP contribution in [-0.2, 0) is 0 Å². The Labute approximate surface area is 111 Å². The second kappa shape index (κ2) is 8.12. The number of nitrogens with two attached hydrogens (primary N) is 1. The van der Waals surface area contributed by atoms with Gasteiger partial charge in [-0.3, -0.25) is 5.41 Å². The van der Waals surface area contributed by atoms with Crippen molar-refractivity contribution in [2.45, 2.75) is 0 Å². The molecule has 0 saturated heterocycles. The third-order valence-electron chi connectivity index (χ3n) is 0.222. The summed E-state index contributed by atoms with van der Waals surface area (Å²) >= 11 is 4.14. The maximum atomic E-state index is 6.48. The van der Waals surface area contributed by atoms with E-state index in [0.717, 1.165) is 0 Å². The average molecular weight is 250 g/mol. The van der Waals surface area contributed by atoms with Gasteiger partial charge in [0.05, 0.1) is 5.16 Å². The second-order valence-electron chi connectivity index (χ2n) is 0.729. The molecular formula is C2H5CsN4S. The Balaban J connectivity index is 0. The molecule has 0 unspecified atom stereocenters. The zero-order valence-electron chi connectivity index (χ0n) is 3.43. The summed E-state index contributed by atoms with van der Waals surface area (Å²) in [5.74, 6) is -0.239. The summed E-state index contributed by atoms with van der Waals surface area (Å²) in [6.45, 7) is 0. The van der Waals surface area contributed by atoms with E-state index in [4.69, 9.17) is 11.1 Å². The zero-order chi connectivity index (χ0) is 5.70. The summed E-state index contributed by atoms with van der Waals surface area (Å²) in [7, 11) is 0. The van der Waals surface area contributed by atoms with E-state index in [1.807, 2.05) is 5.16 Å². The molecule has 4 nitrogen and oxygen atoms in total. The molecule has 0 atom stereocenters. The van der Waals surface area contributed by atoms with Crippen LogP contribution in [0.5, 0.6) is 0 Å². The van der Waals surface area contributed by atoms with Crippen LogP contribution in [0.3, 0.4) is 0 Å². The number of guanidine groups is 1. The summed E-state index contributed by atoms with van der Waals surface area (Å²) in [5.41, 5.74) is 6.84. The SMILES string of the molecule is N=C(N)NN=C=S.[CsH]. The van der Waals surface area contributed by atoms with Gasteiger partial charge in [0.25, 0.3) is 0 Å². The number of hydrazone groups is 1. The van der Waals surface area contributed by atoms with Gasteiger partial charge in [-0.05, 0) is 12.2 Å². The molecule has 0 aromatic rings. The Morgan fingerprint density at radius 1 is 1.88 bits per heavy atom. The van der Waals surface area contributed by atoms with Crippen LogP contribution in [0.4, 0.5) is 0 Å². The maximum absolute atomic E-state index is 6.48. The molecule has 4 N–H and O–H groups in total. The van der Waals surface area contributed by atoms with Gasteiger partial charge in [0.1, 0.15) is 0 Å². The molecular weight excluding hydrogens is 245 g/mol. The topological polar surface area (TPSA) is 74.3 Å². The van der Waals surface area contributed by atoms with Crippen LogP contribution in [-0.4, -0.2) is 80.0 Å². The molecule has 6 heteroatoms. The molecule has 0 radical (unpaired) electrons. The van der Waals surface area contributed by atoms with E-state index < -0.39 is 0 Å². The molecule has 0 amide bonds. The number of rotatable bonds is 1. The van der Waals surface area contributed by atoms with Crippen molar-refractivity contribution >= 4 is 92.2 Å². The predicted molar refractivity (Wildman–Crippen MR) is 37.2 cm³/mol. The van der Waals surface area contributed by atoms with Crippen LogP contribution >= 0.6 is 12.2 Å². The molecule has 0 fully saturated rings. The van der Waals surface area contributed by atoms with Crippen molar-refractivity contribution in [3.8, 4) is 0 Å². The van der Waals surface area contributed by atoms with Gasteiger partial charge in [0.15, 0.2) is 0 Å². The van der Waals surface area contributed by atoms with E-state index in [1.54, 1.807) is 0 Å². The van der Waals surface area contributed by atoms with E-state index in [1.165, 1.54) is 0 Å². The van der Waals surface area contributed by atoms with Crippen molar-refractivity contribution in [1.29, 1.82) is 5.41 Å². The van der Waals surface area contributed by atoms with Crippen molar-refractivity contribution in [2.75, 3.05) is 0 Å². The molecule has 40 valence electrons. The molecule has 8 heavy (non-hydrogen) atoms. The first-order valence-corrected chi connectivity index (χ1v) is 1.85. The van der Waals surface area contributed by atoms with Crippen LogP contribution in [0, 0.1) is 5.41 Å². The summed E-state index contributed by atoms with van der Waals surface area (Å²) in [5, 5.41) is 11.6. The first kappa shape index (κ1) is 11.9. The number of thiocarbonyl (C=S) groups is 1. The van der Waals surface area contributed by atoms with E-state index in [-0.39, 0.29) is 74.9 Å². The molecule has 0 aromatic carbocycles. The number of nitrogens with one attached hydrogen (secondary N) is 2. The molecule has 0 heterocycles. The van der Waals surface area contributed by atoms with Crippen molar-refractivity contribution < 1.29 is 0 Å². The molecule has 0 aliphatic heterocycles. The predicted octanol–water partition coefficient (Wildman–Crippen LogP) is -1.16. The van der Waals surface area contributed by atoms with Gasteiger partial charge in [-0.2, -0.15) is 0 Å². The molecule has 0 aliphatic carbocycles. The molecule has 0 aliphatic rings. The van der Waals surface area contributed by atoms with Crippen LogP contribution in [0.25, 0.3) is 0 Å². The summed E-state index contributed by atoms with van der Waals surface area (Å²) < 4.78 is 0. The molecule has 0 aromatic heterocycles. The van der Waals surface area contributed by atoms with E-state index in [0.29, 0.717) is 0 Å².